The van der Waals surface area contributed by atoms with Crippen molar-refractivity contribution < 1.29 is 4.79 Å². The Labute approximate surface area is 54.5 Å². The summed E-state index contributed by atoms with van der Waals surface area (Å²) in [4.78, 5) is 14.1. The number of hydrogen-bond acceptors (Lipinski definition) is 2. The van der Waals surface area contributed by atoms with E-state index in [-0.39, 0.29) is 5.91 Å². The number of rotatable bonds is 2. The lowest BCUT2D eigenvalue weighted by atomic mass is 10.4. The normalized spacial score (nSPS) is 10.7. The van der Waals surface area contributed by atoms with Gasteiger partial charge in [0.1, 0.15) is 5.70 Å². The van der Waals surface area contributed by atoms with Crippen molar-refractivity contribution in [2.24, 2.45) is 4.99 Å². The van der Waals surface area contributed by atoms with Crippen LogP contribution >= 0.6 is 0 Å². The van der Waals surface area contributed by atoms with E-state index in [9.17, 15) is 4.79 Å². The van der Waals surface area contributed by atoms with Crippen LogP contribution in [0.15, 0.2) is 16.8 Å². The van der Waals surface area contributed by atoms with Gasteiger partial charge in [-0.15, -0.1) is 0 Å². The number of nitrogens with zero attached hydrogens (tertiary/aromatic N) is 1. The molecule has 0 unspecified atom stereocenters. The molecular weight excluding hydrogens is 116 g/mol. The fraction of sp³-hybridized carbons (Fsp3) is 0.333. The van der Waals surface area contributed by atoms with Crippen molar-refractivity contribution in [2.75, 3.05) is 7.05 Å². The smallest absolute Gasteiger partial charge is 0.269 e. The lowest BCUT2D eigenvalue weighted by Gasteiger charge is -1.95. The summed E-state index contributed by atoms with van der Waals surface area (Å²) in [5.41, 5.74) is 0.359. The first kappa shape index (κ1) is 7.88. The second-order valence-electron chi connectivity index (χ2n) is 1.41. The Balaban J connectivity index is 4.14. The molecule has 0 saturated carbocycles. The van der Waals surface area contributed by atoms with E-state index in [1.807, 2.05) is 0 Å². The van der Waals surface area contributed by atoms with Crippen molar-refractivity contribution in [3.63, 3.8) is 0 Å². The molecule has 9 heavy (non-hydrogen) atoms. The number of nitrogens with one attached hydrogen (secondary N) is 1. The molecule has 3 heteroatoms. The van der Waals surface area contributed by atoms with Crippen molar-refractivity contribution in [1.29, 1.82) is 0 Å². The number of aliphatic imine (C=N–C) groups is 1. The summed E-state index contributed by atoms with van der Waals surface area (Å²) in [7, 11) is 1.55. The minimum absolute atomic E-state index is 0.201. The van der Waals surface area contributed by atoms with Crippen LogP contribution in [-0.4, -0.2) is 19.7 Å². The third kappa shape index (κ3) is 2.08. The van der Waals surface area contributed by atoms with Gasteiger partial charge in [0.05, 0.1) is 0 Å². The van der Waals surface area contributed by atoms with E-state index >= 15 is 0 Å². The maximum atomic E-state index is 10.7. The molecule has 0 aliphatic rings. The molecule has 0 atom stereocenters. The molecule has 0 bridgehead atoms. The zero-order valence-corrected chi connectivity index (χ0v) is 5.64. The fourth-order valence-corrected chi connectivity index (χ4v) is 0.422. The highest BCUT2D eigenvalue weighted by atomic mass is 16.1. The number of carbonyl (C=O) groups is 1. The summed E-state index contributed by atoms with van der Waals surface area (Å²) in [6, 6.07) is 0. The van der Waals surface area contributed by atoms with Gasteiger partial charge in [0, 0.05) is 7.05 Å². The summed E-state index contributed by atoms with van der Waals surface area (Å²) in [5.74, 6) is -0.201. The Morgan fingerprint density at radius 3 is 2.44 bits per heavy atom. The largest absolute Gasteiger partial charge is 0.354 e. The Hall–Kier alpha value is -1.12. The van der Waals surface area contributed by atoms with E-state index < -0.39 is 0 Å². The maximum absolute atomic E-state index is 10.7. The molecule has 0 aromatic carbocycles. The van der Waals surface area contributed by atoms with Crippen LogP contribution in [-0.2, 0) is 4.79 Å². The first-order chi connectivity index (χ1) is 4.26. The third-order valence-corrected chi connectivity index (χ3v) is 0.903. The standard InChI is InChI=1S/C6H10N2O/c1-4-5(7-2)6(9)8-3/h4H,2H2,1,3H3,(H,8,9)/b5-4-. The molecule has 3 nitrogen and oxygen atoms in total. The van der Waals surface area contributed by atoms with E-state index in [1.165, 1.54) is 0 Å². The van der Waals surface area contributed by atoms with Crippen LogP contribution in [0.3, 0.4) is 0 Å². The zero-order chi connectivity index (χ0) is 7.28. The number of hydrogen-bond donors (Lipinski definition) is 1. The van der Waals surface area contributed by atoms with Crippen molar-refractivity contribution in [3.05, 3.63) is 11.8 Å². The van der Waals surface area contributed by atoms with Crippen molar-refractivity contribution in [1.82, 2.24) is 5.32 Å². The minimum Gasteiger partial charge on any atom is -0.354 e. The molecule has 0 rings (SSSR count). The van der Waals surface area contributed by atoms with Gasteiger partial charge in [-0.3, -0.25) is 9.79 Å². The summed E-state index contributed by atoms with van der Waals surface area (Å²) < 4.78 is 0. The molecule has 0 spiro atoms. The minimum atomic E-state index is -0.201. The van der Waals surface area contributed by atoms with Gasteiger partial charge in [-0.25, -0.2) is 0 Å². The molecule has 0 heterocycles. The van der Waals surface area contributed by atoms with E-state index in [4.69, 9.17) is 0 Å². The summed E-state index contributed by atoms with van der Waals surface area (Å²) in [5, 5.41) is 2.43. The Bertz CT molecular complexity index is 149. The molecule has 0 radical (unpaired) electrons. The van der Waals surface area contributed by atoms with Crippen molar-refractivity contribution >= 4 is 12.6 Å². The van der Waals surface area contributed by atoms with Crippen molar-refractivity contribution in [3.8, 4) is 0 Å². The molecule has 0 fully saturated rings. The zero-order valence-electron chi connectivity index (χ0n) is 5.64. The molecule has 0 aromatic heterocycles. The average molecular weight is 126 g/mol. The van der Waals surface area contributed by atoms with E-state index in [0.29, 0.717) is 5.70 Å². The van der Waals surface area contributed by atoms with E-state index in [1.54, 1.807) is 20.0 Å². The van der Waals surface area contributed by atoms with Gasteiger partial charge in [0.15, 0.2) is 0 Å². The quantitative estimate of drug-likeness (QED) is 0.420. The molecule has 0 aliphatic heterocycles. The summed E-state index contributed by atoms with van der Waals surface area (Å²) in [6.07, 6.45) is 1.60. The first-order valence-corrected chi connectivity index (χ1v) is 2.61. The van der Waals surface area contributed by atoms with Crippen molar-refractivity contribution in [2.45, 2.75) is 6.92 Å². The van der Waals surface area contributed by atoms with Crippen LogP contribution in [0.5, 0.6) is 0 Å². The highest BCUT2D eigenvalue weighted by Crippen LogP contribution is 1.92. The monoisotopic (exact) mass is 126 g/mol. The summed E-state index contributed by atoms with van der Waals surface area (Å²) in [6.45, 7) is 4.96. The Morgan fingerprint density at radius 1 is 1.78 bits per heavy atom. The van der Waals surface area contributed by atoms with Gasteiger partial charge in [0.25, 0.3) is 5.91 Å². The van der Waals surface area contributed by atoms with Crippen LogP contribution < -0.4 is 5.32 Å². The highest BCUT2D eigenvalue weighted by molar-refractivity contribution is 5.93. The Morgan fingerprint density at radius 2 is 2.33 bits per heavy atom. The number of amides is 1. The van der Waals surface area contributed by atoms with Gasteiger partial charge in [-0.1, -0.05) is 6.08 Å². The average Bonchev–Trinajstić information content (AvgIpc) is 1.90. The van der Waals surface area contributed by atoms with Crippen LogP contribution in [0.1, 0.15) is 6.92 Å². The lowest BCUT2D eigenvalue weighted by molar-refractivity contribution is -0.117. The van der Waals surface area contributed by atoms with Gasteiger partial charge in [0.2, 0.25) is 0 Å². The summed E-state index contributed by atoms with van der Waals surface area (Å²) >= 11 is 0. The van der Waals surface area contributed by atoms with Gasteiger partial charge < -0.3 is 5.32 Å². The number of carbonyl (C=O) groups excluding carboxylic acids is 1. The number of allylic oxidation sites excluding steroid dienone is 1. The lowest BCUT2D eigenvalue weighted by Crippen LogP contribution is -2.18. The molecule has 0 saturated heterocycles. The third-order valence-electron chi connectivity index (χ3n) is 0.903. The second kappa shape index (κ2) is 3.83. The predicted octanol–water partition coefficient (Wildman–Crippen LogP) is 0.337. The van der Waals surface area contributed by atoms with Crippen LogP contribution in [0, 0.1) is 0 Å². The topological polar surface area (TPSA) is 41.5 Å². The number of likely N-dealkylation sites (N-methyl/N-ethyl adjacent to an activating group) is 1. The predicted molar refractivity (Wildman–Crippen MR) is 37.4 cm³/mol. The van der Waals surface area contributed by atoms with Gasteiger partial charge in [-0.2, -0.15) is 0 Å². The van der Waals surface area contributed by atoms with Gasteiger partial charge >= 0.3 is 0 Å². The first-order valence-electron chi connectivity index (χ1n) is 2.61. The van der Waals surface area contributed by atoms with E-state index in [2.05, 4.69) is 17.0 Å². The van der Waals surface area contributed by atoms with Crippen LogP contribution in [0.2, 0.25) is 0 Å². The van der Waals surface area contributed by atoms with Gasteiger partial charge in [-0.05, 0) is 13.6 Å². The fourth-order valence-electron chi connectivity index (χ4n) is 0.422. The molecular formula is C6H10N2O. The molecule has 1 amide bonds. The van der Waals surface area contributed by atoms with Crippen LogP contribution in [0.4, 0.5) is 0 Å². The molecule has 1 N–H and O–H groups in total. The molecule has 0 aliphatic carbocycles. The molecule has 0 aromatic rings. The van der Waals surface area contributed by atoms with Crippen LogP contribution in [0.25, 0.3) is 0 Å². The Kier molecular flexibility index (Phi) is 3.35. The maximum Gasteiger partial charge on any atom is 0.269 e. The van der Waals surface area contributed by atoms with E-state index in [0.717, 1.165) is 0 Å². The highest BCUT2D eigenvalue weighted by Gasteiger charge is 1.99. The molecule has 50 valence electrons. The second-order valence-corrected chi connectivity index (χ2v) is 1.41. The SMILES string of the molecule is C=N/C(=C\C)C(=O)NC.